The van der Waals surface area contributed by atoms with Gasteiger partial charge in [0.1, 0.15) is 23.4 Å². The predicted molar refractivity (Wildman–Crippen MR) is 211 cm³/mol. The molecule has 0 aliphatic carbocycles. The zero-order valence-electron chi connectivity index (χ0n) is 32.6. The summed E-state index contributed by atoms with van der Waals surface area (Å²) in [6, 6.07) is 21.0. The molecule has 1 aromatic heterocycles. The van der Waals surface area contributed by atoms with Crippen molar-refractivity contribution in [2.45, 2.75) is 117 Å². The number of nitrogens with one attached hydrogen (secondary N) is 2. The number of amides is 2. The molecule has 0 radical (unpaired) electrons. The van der Waals surface area contributed by atoms with E-state index in [1.54, 1.807) is 52.2 Å². The number of hydrogen-bond acceptors (Lipinski definition) is 7. The molecule has 53 heavy (non-hydrogen) atoms. The topological polar surface area (TPSA) is 120 Å². The number of benzene rings is 3. The first-order valence-corrected chi connectivity index (χ1v) is 18.7. The van der Waals surface area contributed by atoms with Crippen LogP contribution in [0.1, 0.15) is 109 Å². The molecule has 9 heteroatoms. The lowest BCUT2D eigenvalue weighted by Gasteiger charge is -2.25. The summed E-state index contributed by atoms with van der Waals surface area (Å²) >= 11 is 0. The molecule has 1 heterocycles. The predicted octanol–water partition coefficient (Wildman–Crippen LogP) is 8.64. The third-order valence-corrected chi connectivity index (χ3v) is 8.76. The molecule has 282 valence electrons. The lowest BCUT2D eigenvalue weighted by atomic mass is 9.86. The zero-order valence-corrected chi connectivity index (χ0v) is 32.6. The highest BCUT2D eigenvalue weighted by Crippen LogP contribution is 2.25. The van der Waals surface area contributed by atoms with E-state index in [0.29, 0.717) is 11.4 Å². The summed E-state index contributed by atoms with van der Waals surface area (Å²) in [6.07, 6.45) is 9.81. The lowest BCUT2D eigenvalue weighted by molar-refractivity contribution is -0.158. The van der Waals surface area contributed by atoms with Crippen LogP contribution in [-0.2, 0) is 26.2 Å². The number of carbonyl (C=O) groups excluding carboxylic acids is 3. The molecule has 2 atom stereocenters. The number of unbranched alkanes of at least 4 members (excludes halogenated alkanes) is 4. The molecule has 0 saturated carbocycles. The van der Waals surface area contributed by atoms with E-state index in [1.165, 1.54) is 25.7 Å². The Morgan fingerprint density at radius 1 is 0.717 bits per heavy atom. The minimum Gasteiger partial charge on any atom is -0.494 e. The summed E-state index contributed by atoms with van der Waals surface area (Å²) in [5, 5.41) is 5.62. The normalized spacial score (nSPS) is 12.8. The van der Waals surface area contributed by atoms with Crippen molar-refractivity contribution >= 4 is 17.8 Å². The standard InChI is InChI=1S/C44H56N4O5/c1-9-10-11-12-13-26-52-37-24-20-32(21-25-37)35-28-45-39(46-29-35)33-16-14-31(15-17-33)27-38(41(50)47-30(2)42(51)53-44(6,7)8)48-40(49)34-18-22-36(23-19-34)43(3,4)5/h14-25,28-30,38H,9-13,26-27H2,1-8H3,(H,47,50)(H,48,49)/t30?,38-/m0/s1. The molecular formula is C44H56N4O5. The van der Waals surface area contributed by atoms with Crippen molar-refractivity contribution in [2.75, 3.05) is 6.61 Å². The maximum atomic E-state index is 13.6. The van der Waals surface area contributed by atoms with Crippen LogP contribution in [0, 0.1) is 0 Å². The van der Waals surface area contributed by atoms with E-state index in [0.717, 1.165) is 46.6 Å². The summed E-state index contributed by atoms with van der Waals surface area (Å²) in [4.78, 5) is 48.8. The summed E-state index contributed by atoms with van der Waals surface area (Å²) in [7, 11) is 0. The quantitative estimate of drug-likeness (QED) is 0.0879. The first kappa shape index (κ1) is 40.7. The molecule has 1 unspecified atom stereocenters. The van der Waals surface area contributed by atoms with Crippen molar-refractivity contribution in [3.8, 4) is 28.3 Å². The molecule has 0 aliphatic heterocycles. The van der Waals surface area contributed by atoms with Gasteiger partial charge < -0.3 is 20.1 Å². The number of esters is 1. The van der Waals surface area contributed by atoms with Crippen molar-refractivity contribution in [1.82, 2.24) is 20.6 Å². The van der Waals surface area contributed by atoms with Crippen LogP contribution in [-0.4, -0.2) is 52.0 Å². The zero-order chi connectivity index (χ0) is 38.6. The fraction of sp³-hybridized carbons (Fsp3) is 0.432. The van der Waals surface area contributed by atoms with E-state index >= 15 is 0 Å². The minimum absolute atomic E-state index is 0.0663. The van der Waals surface area contributed by atoms with E-state index in [9.17, 15) is 14.4 Å². The Labute approximate surface area is 315 Å². The highest BCUT2D eigenvalue weighted by atomic mass is 16.6. The monoisotopic (exact) mass is 720 g/mol. The molecule has 2 amide bonds. The van der Waals surface area contributed by atoms with Crippen LogP contribution in [0.25, 0.3) is 22.5 Å². The van der Waals surface area contributed by atoms with Gasteiger partial charge in [-0.3, -0.25) is 9.59 Å². The molecule has 0 aliphatic rings. The Kier molecular flexibility index (Phi) is 14.3. The Balaban J connectivity index is 1.43. The van der Waals surface area contributed by atoms with Crippen LogP contribution in [0.4, 0.5) is 0 Å². The van der Waals surface area contributed by atoms with Gasteiger partial charge >= 0.3 is 5.97 Å². The first-order valence-electron chi connectivity index (χ1n) is 18.7. The molecular weight excluding hydrogens is 665 g/mol. The highest BCUT2D eigenvalue weighted by Gasteiger charge is 2.28. The number of carbonyl (C=O) groups is 3. The van der Waals surface area contributed by atoms with E-state index < -0.39 is 29.6 Å². The summed E-state index contributed by atoms with van der Waals surface area (Å²) in [6.45, 7) is 16.1. The van der Waals surface area contributed by atoms with E-state index in [-0.39, 0.29) is 17.7 Å². The second kappa shape index (κ2) is 18.6. The van der Waals surface area contributed by atoms with Crippen LogP contribution in [0.2, 0.25) is 0 Å². The molecule has 4 aromatic rings. The molecule has 0 saturated heterocycles. The van der Waals surface area contributed by atoms with Gasteiger partial charge in [-0.15, -0.1) is 0 Å². The van der Waals surface area contributed by atoms with Crippen molar-refractivity contribution < 1.29 is 23.9 Å². The molecule has 0 bridgehead atoms. The molecule has 3 aromatic carbocycles. The Morgan fingerprint density at radius 3 is 1.91 bits per heavy atom. The minimum atomic E-state index is -0.960. The van der Waals surface area contributed by atoms with Gasteiger partial charge in [0.2, 0.25) is 5.91 Å². The molecule has 4 rings (SSSR count). The van der Waals surface area contributed by atoms with Gasteiger partial charge in [0.05, 0.1) is 6.61 Å². The van der Waals surface area contributed by atoms with E-state index in [2.05, 4.69) is 48.3 Å². The molecule has 2 N–H and O–H groups in total. The first-order chi connectivity index (χ1) is 25.1. The Bertz CT molecular complexity index is 1770. The highest BCUT2D eigenvalue weighted by molar-refractivity contribution is 5.98. The van der Waals surface area contributed by atoms with Crippen LogP contribution in [0.3, 0.4) is 0 Å². The van der Waals surface area contributed by atoms with E-state index in [1.807, 2.05) is 60.7 Å². The van der Waals surface area contributed by atoms with Crippen molar-refractivity contribution in [3.63, 3.8) is 0 Å². The average molecular weight is 721 g/mol. The van der Waals surface area contributed by atoms with Crippen LogP contribution < -0.4 is 15.4 Å². The van der Waals surface area contributed by atoms with Crippen LogP contribution in [0.15, 0.2) is 85.2 Å². The fourth-order valence-electron chi connectivity index (χ4n) is 5.63. The molecule has 9 nitrogen and oxygen atoms in total. The third-order valence-electron chi connectivity index (χ3n) is 8.76. The van der Waals surface area contributed by atoms with Gasteiger partial charge in [0.15, 0.2) is 5.82 Å². The van der Waals surface area contributed by atoms with E-state index in [4.69, 9.17) is 9.47 Å². The molecule has 0 spiro atoms. The van der Waals surface area contributed by atoms with Gasteiger partial charge in [0, 0.05) is 35.5 Å². The van der Waals surface area contributed by atoms with Gasteiger partial charge in [-0.1, -0.05) is 102 Å². The Morgan fingerprint density at radius 2 is 1.32 bits per heavy atom. The number of hydrogen-bond donors (Lipinski definition) is 2. The lowest BCUT2D eigenvalue weighted by Crippen LogP contribution is -2.52. The maximum Gasteiger partial charge on any atom is 0.328 e. The van der Waals surface area contributed by atoms with Crippen molar-refractivity contribution in [2.24, 2.45) is 0 Å². The average Bonchev–Trinajstić information content (AvgIpc) is 3.12. The third kappa shape index (κ3) is 12.8. The number of ether oxygens (including phenoxy) is 2. The maximum absolute atomic E-state index is 13.6. The second-order valence-corrected chi connectivity index (χ2v) is 15.6. The fourth-order valence-corrected chi connectivity index (χ4v) is 5.63. The molecule has 0 fully saturated rings. The number of nitrogens with zero attached hydrogens (tertiary/aromatic N) is 2. The van der Waals surface area contributed by atoms with Gasteiger partial charge in [-0.2, -0.15) is 0 Å². The summed E-state index contributed by atoms with van der Waals surface area (Å²) in [5.41, 5.74) is 4.27. The second-order valence-electron chi connectivity index (χ2n) is 15.6. The van der Waals surface area contributed by atoms with Crippen molar-refractivity contribution in [3.05, 3.63) is 102 Å². The van der Waals surface area contributed by atoms with Crippen LogP contribution >= 0.6 is 0 Å². The van der Waals surface area contributed by atoms with Gasteiger partial charge in [0.25, 0.3) is 5.91 Å². The van der Waals surface area contributed by atoms with Gasteiger partial charge in [-0.25, -0.2) is 14.8 Å². The van der Waals surface area contributed by atoms with Crippen LogP contribution in [0.5, 0.6) is 5.75 Å². The SMILES string of the molecule is CCCCCCCOc1ccc(-c2cnc(-c3ccc(C[C@H](NC(=O)c4ccc(C(C)(C)C)cc4)C(=O)NC(C)C(=O)OC(C)(C)C)cc3)nc2)cc1. The largest absolute Gasteiger partial charge is 0.494 e. The summed E-state index contributed by atoms with van der Waals surface area (Å²) < 4.78 is 11.4. The smallest absolute Gasteiger partial charge is 0.328 e. The Hall–Kier alpha value is -5.05. The number of rotatable bonds is 16. The van der Waals surface area contributed by atoms with Crippen molar-refractivity contribution in [1.29, 1.82) is 0 Å². The summed E-state index contributed by atoms with van der Waals surface area (Å²) in [5.74, 6) is -0.0171. The van der Waals surface area contributed by atoms with Gasteiger partial charge in [-0.05, 0) is 80.5 Å². The number of aromatic nitrogens is 2.